The molecule has 1 saturated heterocycles. The maximum atomic E-state index is 12.7. The van der Waals surface area contributed by atoms with Crippen LogP contribution >= 0.6 is 0 Å². The third kappa shape index (κ3) is 6.49. The molecule has 5 heteroatoms. The normalized spacial score (nSPS) is 18.1. The minimum Gasteiger partial charge on any atom is -0.443 e. The van der Waals surface area contributed by atoms with Crippen molar-refractivity contribution < 1.29 is 9.53 Å². The number of nitrogens with zero attached hydrogens (tertiary/aromatic N) is 3. The molecule has 27 heavy (non-hydrogen) atoms. The van der Waals surface area contributed by atoms with E-state index in [1.807, 2.05) is 33.0 Å². The largest absolute Gasteiger partial charge is 0.443 e. The molecule has 0 aliphatic carbocycles. The van der Waals surface area contributed by atoms with Crippen molar-refractivity contribution in [1.82, 2.24) is 9.88 Å². The Morgan fingerprint density at radius 2 is 2.11 bits per heavy atom. The average Bonchev–Trinajstić information content (AvgIpc) is 3.04. The van der Waals surface area contributed by atoms with Crippen molar-refractivity contribution in [2.24, 2.45) is 5.92 Å². The van der Waals surface area contributed by atoms with Crippen LogP contribution in [0.15, 0.2) is 18.3 Å². The third-order valence-corrected chi connectivity index (χ3v) is 4.76. The summed E-state index contributed by atoms with van der Waals surface area (Å²) in [6.07, 6.45) is 6.51. The number of aromatic nitrogens is 1. The molecule has 1 fully saturated rings. The zero-order valence-corrected chi connectivity index (χ0v) is 18.0. The Labute approximate surface area is 165 Å². The van der Waals surface area contributed by atoms with Gasteiger partial charge in [-0.3, -0.25) is 9.80 Å². The summed E-state index contributed by atoms with van der Waals surface area (Å²) in [4.78, 5) is 21.5. The first-order valence-corrected chi connectivity index (χ1v) is 10.4. The monoisotopic (exact) mass is 375 g/mol. The van der Waals surface area contributed by atoms with Crippen molar-refractivity contribution in [2.45, 2.75) is 78.9 Å². The van der Waals surface area contributed by atoms with Crippen molar-refractivity contribution in [1.29, 1.82) is 0 Å². The highest BCUT2D eigenvalue weighted by Crippen LogP contribution is 2.32. The highest BCUT2D eigenvalue weighted by Gasteiger charge is 2.27. The van der Waals surface area contributed by atoms with E-state index in [2.05, 4.69) is 36.7 Å². The molecule has 2 heterocycles. The lowest BCUT2D eigenvalue weighted by molar-refractivity contribution is 0.0575. The van der Waals surface area contributed by atoms with Gasteiger partial charge in [-0.15, -0.1) is 0 Å². The highest BCUT2D eigenvalue weighted by atomic mass is 16.6. The molecule has 1 aliphatic heterocycles. The summed E-state index contributed by atoms with van der Waals surface area (Å²) in [5, 5.41) is 0. The van der Waals surface area contributed by atoms with E-state index in [1.54, 1.807) is 4.90 Å². The van der Waals surface area contributed by atoms with E-state index in [0.29, 0.717) is 24.3 Å². The van der Waals surface area contributed by atoms with Crippen molar-refractivity contribution in [3.05, 3.63) is 23.9 Å². The predicted octanol–water partition coefficient (Wildman–Crippen LogP) is 5.42. The molecule has 0 N–H and O–H groups in total. The number of carbonyl (C=O) groups is 1. The quantitative estimate of drug-likeness (QED) is 0.639. The molecule has 1 amide bonds. The second-order valence-corrected chi connectivity index (χ2v) is 8.98. The van der Waals surface area contributed by atoms with Crippen LogP contribution in [0.5, 0.6) is 0 Å². The van der Waals surface area contributed by atoms with Gasteiger partial charge in [0.15, 0.2) is 0 Å². The molecule has 0 unspecified atom stereocenters. The number of ether oxygens (including phenoxy) is 1. The van der Waals surface area contributed by atoms with Crippen LogP contribution in [-0.4, -0.2) is 41.2 Å². The molecule has 1 aromatic rings. The zero-order chi connectivity index (χ0) is 20.0. The Bertz CT molecular complexity index is 593. The van der Waals surface area contributed by atoms with Gasteiger partial charge in [0.1, 0.15) is 11.4 Å². The number of hydrogen-bond donors (Lipinski definition) is 0. The Balaban J connectivity index is 2.15. The van der Waals surface area contributed by atoms with Gasteiger partial charge < -0.3 is 4.74 Å². The number of pyridine rings is 1. The molecule has 5 nitrogen and oxygen atoms in total. The highest BCUT2D eigenvalue weighted by molar-refractivity contribution is 5.86. The second kappa shape index (κ2) is 9.54. The van der Waals surface area contributed by atoms with Crippen LogP contribution < -0.4 is 4.90 Å². The SMILES string of the molecule is CCCCN1CCC[C@H]1c1ccc(N(CC(C)C)C(=O)OC(C)(C)C)nc1. The molecule has 2 rings (SSSR count). The molecule has 0 saturated carbocycles. The van der Waals surface area contributed by atoms with E-state index in [1.165, 1.54) is 37.8 Å². The summed E-state index contributed by atoms with van der Waals surface area (Å²) < 4.78 is 5.59. The second-order valence-electron chi connectivity index (χ2n) is 8.98. The molecule has 0 aromatic carbocycles. The van der Waals surface area contributed by atoms with Gasteiger partial charge in [0.25, 0.3) is 0 Å². The molecular weight excluding hydrogens is 338 g/mol. The first-order chi connectivity index (χ1) is 12.7. The molecule has 152 valence electrons. The number of likely N-dealkylation sites (tertiary alicyclic amines) is 1. The minimum atomic E-state index is -0.518. The first kappa shape index (κ1) is 21.7. The molecule has 1 aliphatic rings. The van der Waals surface area contributed by atoms with Crippen molar-refractivity contribution in [3.63, 3.8) is 0 Å². The lowest BCUT2D eigenvalue weighted by Gasteiger charge is -2.28. The van der Waals surface area contributed by atoms with Gasteiger partial charge in [-0.05, 0) is 70.7 Å². The topological polar surface area (TPSA) is 45.7 Å². The lowest BCUT2D eigenvalue weighted by Crippen LogP contribution is -2.39. The number of rotatable bonds is 7. The fourth-order valence-corrected chi connectivity index (χ4v) is 3.53. The van der Waals surface area contributed by atoms with Crippen molar-refractivity contribution >= 4 is 11.9 Å². The maximum absolute atomic E-state index is 12.7. The molecule has 1 aromatic heterocycles. The van der Waals surface area contributed by atoms with E-state index in [4.69, 9.17) is 4.74 Å². The van der Waals surface area contributed by atoms with E-state index in [-0.39, 0.29) is 6.09 Å². The van der Waals surface area contributed by atoms with E-state index in [0.717, 1.165) is 6.54 Å². The van der Waals surface area contributed by atoms with Gasteiger partial charge in [-0.25, -0.2) is 9.78 Å². The number of unbranched alkanes of at least 4 members (excludes halogenated alkanes) is 1. The Morgan fingerprint density at radius 3 is 2.67 bits per heavy atom. The third-order valence-electron chi connectivity index (χ3n) is 4.76. The lowest BCUT2D eigenvalue weighted by atomic mass is 10.1. The molecule has 0 radical (unpaired) electrons. The summed E-state index contributed by atoms with van der Waals surface area (Å²) >= 11 is 0. The first-order valence-electron chi connectivity index (χ1n) is 10.4. The molecule has 1 atom stereocenters. The predicted molar refractivity (Wildman–Crippen MR) is 111 cm³/mol. The fourth-order valence-electron chi connectivity index (χ4n) is 3.53. The summed E-state index contributed by atoms with van der Waals surface area (Å²) in [5.74, 6) is 0.998. The number of hydrogen-bond acceptors (Lipinski definition) is 4. The summed E-state index contributed by atoms with van der Waals surface area (Å²) in [5.41, 5.74) is 0.733. The van der Waals surface area contributed by atoms with Gasteiger partial charge in [0.05, 0.1) is 0 Å². The van der Waals surface area contributed by atoms with Crippen molar-refractivity contribution in [2.75, 3.05) is 24.5 Å². The maximum Gasteiger partial charge on any atom is 0.416 e. The average molecular weight is 376 g/mol. The van der Waals surface area contributed by atoms with Crippen LogP contribution in [0.25, 0.3) is 0 Å². The van der Waals surface area contributed by atoms with Crippen molar-refractivity contribution in [3.8, 4) is 0 Å². The van der Waals surface area contributed by atoms with Gasteiger partial charge in [-0.2, -0.15) is 0 Å². The molecular formula is C22H37N3O2. The zero-order valence-electron chi connectivity index (χ0n) is 18.0. The van der Waals surface area contributed by atoms with E-state index < -0.39 is 5.60 Å². The summed E-state index contributed by atoms with van der Waals surface area (Å²) in [7, 11) is 0. The van der Waals surface area contributed by atoms with Gasteiger partial charge in [0, 0.05) is 18.8 Å². The Hall–Kier alpha value is -1.62. The van der Waals surface area contributed by atoms with Crippen LogP contribution in [0.3, 0.4) is 0 Å². The summed E-state index contributed by atoms with van der Waals surface area (Å²) in [6, 6.07) is 4.56. The standard InChI is InChI=1S/C22H37N3O2/c1-7-8-13-24-14-9-10-19(24)18-11-12-20(23-15-18)25(16-17(2)3)21(26)27-22(4,5)6/h11-12,15,17,19H,7-10,13-14,16H2,1-6H3/t19-/m0/s1. The Kier molecular flexibility index (Phi) is 7.66. The van der Waals surface area contributed by atoms with Crippen LogP contribution in [0.4, 0.5) is 10.6 Å². The van der Waals surface area contributed by atoms with E-state index >= 15 is 0 Å². The number of carbonyl (C=O) groups excluding carboxylic acids is 1. The van der Waals surface area contributed by atoms with Gasteiger partial charge in [0.2, 0.25) is 0 Å². The van der Waals surface area contributed by atoms with Crippen LogP contribution in [-0.2, 0) is 4.74 Å². The Morgan fingerprint density at radius 1 is 1.37 bits per heavy atom. The molecule has 0 bridgehead atoms. The van der Waals surface area contributed by atoms with Gasteiger partial charge >= 0.3 is 6.09 Å². The summed E-state index contributed by atoms with van der Waals surface area (Å²) in [6.45, 7) is 15.0. The number of anilines is 1. The van der Waals surface area contributed by atoms with Gasteiger partial charge in [-0.1, -0.05) is 33.3 Å². The van der Waals surface area contributed by atoms with Crippen LogP contribution in [0.1, 0.15) is 78.8 Å². The van der Waals surface area contributed by atoms with E-state index in [9.17, 15) is 4.79 Å². The van der Waals surface area contributed by atoms with Crippen LogP contribution in [0.2, 0.25) is 0 Å². The number of amides is 1. The minimum absolute atomic E-state index is 0.332. The fraction of sp³-hybridized carbons (Fsp3) is 0.727. The molecule has 0 spiro atoms. The van der Waals surface area contributed by atoms with Crippen LogP contribution in [0, 0.1) is 5.92 Å². The smallest absolute Gasteiger partial charge is 0.416 e.